The van der Waals surface area contributed by atoms with Crippen LogP contribution in [-0.2, 0) is 4.79 Å². The number of carbonyl (C=O) groups is 1. The molecular weight excluding hydrogens is 232 g/mol. The lowest BCUT2D eigenvalue weighted by Gasteiger charge is -2.30. The van der Waals surface area contributed by atoms with Crippen molar-refractivity contribution in [1.29, 1.82) is 0 Å². The molecule has 1 aliphatic rings. The number of thioether (sulfide) groups is 1. The molecule has 1 aromatic carbocycles. The Kier molecular flexibility index (Phi) is 2.66. The van der Waals surface area contributed by atoms with E-state index in [4.69, 9.17) is 0 Å². The fourth-order valence-corrected chi connectivity index (χ4v) is 2.19. The number of rotatable bonds is 1. The molecule has 0 unspecified atom stereocenters. The Morgan fingerprint density at radius 3 is 2.75 bits per heavy atom. The zero-order chi connectivity index (χ0) is 11.9. The van der Waals surface area contributed by atoms with E-state index in [0.29, 0.717) is 11.3 Å². The average molecular weight is 243 g/mol. The van der Waals surface area contributed by atoms with Gasteiger partial charge in [-0.3, -0.25) is 4.79 Å². The van der Waals surface area contributed by atoms with Crippen molar-refractivity contribution in [3.05, 3.63) is 23.8 Å². The van der Waals surface area contributed by atoms with Gasteiger partial charge in [0.05, 0.1) is 5.92 Å². The second-order valence-corrected chi connectivity index (χ2v) is 4.63. The second kappa shape index (κ2) is 3.73. The van der Waals surface area contributed by atoms with Gasteiger partial charge in [0.1, 0.15) is 0 Å². The van der Waals surface area contributed by atoms with Crippen molar-refractivity contribution in [3.8, 4) is 0 Å². The number of fused-ring (bicyclic) bond motifs is 1. The summed E-state index contributed by atoms with van der Waals surface area (Å²) in [5.41, 5.74) is 0.984. The maximum atomic E-state index is 13.4. The molecule has 5 heteroatoms. The highest BCUT2D eigenvalue weighted by Crippen LogP contribution is 2.42. The van der Waals surface area contributed by atoms with E-state index in [9.17, 15) is 13.6 Å². The molecule has 0 fully saturated rings. The average Bonchev–Trinajstić information content (AvgIpc) is 2.26. The highest BCUT2D eigenvalue weighted by Gasteiger charge is 2.49. The van der Waals surface area contributed by atoms with Gasteiger partial charge < -0.3 is 5.32 Å². The number of hydrogen-bond donors (Lipinski definition) is 1. The largest absolute Gasteiger partial charge is 0.331 e. The van der Waals surface area contributed by atoms with Crippen molar-refractivity contribution in [2.24, 2.45) is 0 Å². The quantitative estimate of drug-likeness (QED) is 0.768. The molecule has 1 amide bonds. The zero-order valence-corrected chi connectivity index (χ0v) is 9.70. The molecule has 2 rings (SSSR count). The lowest BCUT2D eigenvalue weighted by Crippen LogP contribution is -2.43. The molecule has 0 aliphatic carbocycles. The summed E-state index contributed by atoms with van der Waals surface area (Å²) >= 11 is 1.51. The van der Waals surface area contributed by atoms with Gasteiger partial charge in [-0.1, -0.05) is 13.0 Å². The van der Waals surface area contributed by atoms with Crippen molar-refractivity contribution in [1.82, 2.24) is 0 Å². The predicted octanol–water partition coefficient (Wildman–Crippen LogP) is 3.10. The number of benzene rings is 1. The third-order valence-corrected chi connectivity index (χ3v) is 3.55. The summed E-state index contributed by atoms with van der Waals surface area (Å²) in [4.78, 5) is 12.2. The number of anilines is 1. The van der Waals surface area contributed by atoms with Crippen molar-refractivity contribution in [2.45, 2.75) is 23.7 Å². The normalized spacial score (nSPS) is 22.5. The summed E-state index contributed by atoms with van der Waals surface area (Å²) in [5.74, 6) is -5.62. The molecule has 1 heterocycles. The zero-order valence-electron chi connectivity index (χ0n) is 8.88. The third kappa shape index (κ3) is 1.59. The van der Waals surface area contributed by atoms with Crippen LogP contribution < -0.4 is 5.32 Å². The molecule has 0 aromatic heterocycles. The molecule has 86 valence electrons. The summed E-state index contributed by atoms with van der Waals surface area (Å²) in [6.07, 6.45) is 1.89. The van der Waals surface area contributed by atoms with Crippen LogP contribution in [-0.4, -0.2) is 18.1 Å². The Balaban J connectivity index is 2.51. The first-order valence-electron chi connectivity index (χ1n) is 4.84. The smallest absolute Gasteiger partial charge is 0.321 e. The Morgan fingerprint density at radius 1 is 1.44 bits per heavy atom. The lowest BCUT2D eigenvalue weighted by molar-refractivity contribution is -0.143. The minimum absolute atomic E-state index is 0.488. The minimum Gasteiger partial charge on any atom is -0.321 e. The van der Waals surface area contributed by atoms with Crippen LogP contribution in [0.15, 0.2) is 23.1 Å². The molecule has 1 atom stereocenters. The maximum absolute atomic E-state index is 13.4. The number of carbonyl (C=O) groups excluding carboxylic acids is 1. The van der Waals surface area contributed by atoms with E-state index < -0.39 is 17.7 Å². The van der Waals surface area contributed by atoms with E-state index in [-0.39, 0.29) is 0 Å². The Morgan fingerprint density at radius 2 is 2.12 bits per heavy atom. The number of nitrogens with one attached hydrogen (secondary N) is 1. The van der Waals surface area contributed by atoms with Gasteiger partial charge in [0, 0.05) is 10.6 Å². The molecule has 0 saturated heterocycles. The van der Waals surface area contributed by atoms with Gasteiger partial charge in [-0.25, -0.2) is 0 Å². The van der Waals surface area contributed by atoms with Gasteiger partial charge in [-0.05, 0) is 24.0 Å². The van der Waals surface area contributed by atoms with Crippen LogP contribution in [0.2, 0.25) is 0 Å². The fourth-order valence-electron chi connectivity index (χ4n) is 1.75. The highest BCUT2D eigenvalue weighted by atomic mass is 32.2. The van der Waals surface area contributed by atoms with Crippen LogP contribution in [0.3, 0.4) is 0 Å². The molecule has 1 aliphatic heterocycles. The number of alkyl halides is 2. The van der Waals surface area contributed by atoms with E-state index >= 15 is 0 Å². The van der Waals surface area contributed by atoms with E-state index in [2.05, 4.69) is 5.32 Å². The highest BCUT2D eigenvalue weighted by molar-refractivity contribution is 7.98. The number of halogens is 2. The van der Waals surface area contributed by atoms with Crippen molar-refractivity contribution in [2.75, 3.05) is 11.6 Å². The summed E-state index contributed by atoms with van der Waals surface area (Å²) in [6.45, 7) is 1.37. The summed E-state index contributed by atoms with van der Waals surface area (Å²) in [6, 6.07) is 5.16. The number of hydrogen-bond acceptors (Lipinski definition) is 2. The molecule has 0 radical (unpaired) electrons. The Labute approximate surface area is 96.4 Å². The topological polar surface area (TPSA) is 29.1 Å². The van der Waals surface area contributed by atoms with E-state index in [0.717, 1.165) is 4.90 Å². The van der Waals surface area contributed by atoms with Crippen LogP contribution in [0.25, 0.3) is 0 Å². The molecule has 0 saturated carbocycles. The van der Waals surface area contributed by atoms with Crippen LogP contribution >= 0.6 is 11.8 Å². The molecule has 2 nitrogen and oxygen atoms in total. The fraction of sp³-hybridized carbons (Fsp3) is 0.364. The molecule has 0 spiro atoms. The van der Waals surface area contributed by atoms with Crippen LogP contribution in [0, 0.1) is 0 Å². The molecule has 16 heavy (non-hydrogen) atoms. The van der Waals surface area contributed by atoms with Crippen molar-refractivity contribution >= 4 is 23.4 Å². The Bertz CT molecular complexity index is 448. The van der Waals surface area contributed by atoms with Gasteiger partial charge in [-0.2, -0.15) is 8.78 Å². The third-order valence-electron chi connectivity index (χ3n) is 2.82. The first kappa shape index (κ1) is 11.4. The van der Waals surface area contributed by atoms with Gasteiger partial charge in [0.2, 0.25) is 0 Å². The lowest BCUT2D eigenvalue weighted by atomic mass is 9.89. The first-order valence-corrected chi connectivity index (χ1v) is 6.06. The predicted molar refractivity (Wildman–Crippen MR) is 60.2 cm³/mol. The summed E-state index contributed by atoms with van der Waals surface area (Å²) < 4.78 is 26.9. The number of amides is 1. The summed E-state index contributed by atoms with van der Waals surface area (Å²) in [7, 11) is 0. The van der Waals surface area contributed by atoms with Crippen LogP contribution in [0.1, 0.15) is 18.4 Å². The van der Waals surface area contributed by atoms with Gasteiger partial charge in [0.25, 0.3) is 5.91 Å². The van der Waals surface area contributed by atoms with Crippen LogP contribution in [0.4, 0.5) is 14.5 Å². The van der Waals surface area contributed by atoms with Crippen LogP contribution in [0.5, 0.6) is 0 Å². The van der Waals surface area contributed by atoms with Crippen molar-refractivity contribution in [3.63, 3.8) is 0 Å². The first-order chi connectivity index (χ1) is 7.46. The Hall–Kier alpha value is -1.10. The van der Waals surface area contributed by atoms with E-state index in [1.807, 2.05) is 6.26 Å². The summed E-state index contributed by atoms with van der Waals surface area (Å²) in [5, 5.41) is 2.25. The maximum Gasteiger partial charge on any atom is 0.331 e. The molecule has 0 bridgehead atoms. The van der Waals surface area contributed by atoms with Gasteiger partial charge in [-0.15, -0.1) is 11.8 Å². The van der Waals surface area contributed by atoms with Crippen molar-refractivity contribution < 1.29 is 13.6 Å². The molecule has 1 aromatic rings. The standard InChI is InChI=1S/C11H11F2NOS/c1-6-8-4-3-7(16-2)5-9(8)14-10(15)11(6,12)13/h3-6H,1-2H3,(H,14,15)/t6-/m0/s1. The van der Waals surface area contributed by atoms with Gasteiger partial charge >= 0.3 is 5.92 Å². The second-order valence-electron chi connectivity index (χ2n) is 3.75. The minimum atomic E-state index is -3.33. The molecule has 1 N–H and O–H groups in total. The van der Waals surface area contributed by atoms with E-state index in [1.165, 1.54) is 18.7 Å². The molecular formula is C11H11F2NOS. The van der Waals surface area contributed by atoms with Gasteiger partial charge in [0.15, 0.2) is 0 Å². The monoisotopic (exact) mass is 243 g/mol. The SMILES string of the molecule is CSc1ccc2c(c1)NC(=O)C(F)(F)[C@H]2C. The van der Waals surface area contributed by atoms with E-state index in [1.54, 1.807) is 18.2 Å².